The number of rotatable bonds is 7. The predicted molar refractivity (Wildman–Crippen MR) is 263 cm³/mol. The predicted octanol–water partition coefficient (Wildman–Crippen LogP) is 17.2. The SMILES string of the molecule is c1ccc(-c2ccc(-c3ccc4ccccc4c3)cc2N(c2ccc(-c3ccc4c(ccc5ccccc54)c3)cc2)c2ccc(-c3cccc4c3oc3ccccc34)cc2)cc1. The second-order valence-electron chi connectivity index (χ2n) is 16.1. The van der Waals surface area contributed by atoms with Gasteiger partial charge in [0, 0.05) is 33.3 Å². The third-order valence-corrected chi connectivity index (χ3v) is 12.5. The fourth-order valence-electron chi connectivity index (χ4n) is 9.31. The highest BCUT2D eigenvalue weighted by atomic mass is 16.3. The molecule has 11 aromatic carbocycles. The van der Waals surface area contributed by atoms with Gasteiger partial charge < -0.3 is 9.32 Å². The van der Waals surface area contributed by atoms with Crippen LogP contribution in [0.5, 0.6) is 0 Å². The molecule has 1 aromatic heterocycles. The highest BCUT2D eigenvalue weighted by molar-refractivity contribution is 6.10. The number of nitrogens with zero attached hydrogens (tertiary/aromatic N) is 1. The maximum Gasteiger partial charge on any atom is 0.143 e. The molecule has 12 aromatic rings. The van der Waals surface area contributed by atoms with E-state index in [9.17, 15) is 0 Å². The number of para-hydroxylation sites is 2. The van der Waals surface area contributed by atoms with E-state index in [2.05, 4.69) is 229 Å². The largest absolute Gasteiger partial charge is 0.455 e. The first-order chi connectivity index (χ1) is 30.7. The lowest BCUT2D eigenvalue weighted by Gasteiger charge is -2.29. The lowest BCUT2D eigenvalue weighted by molar-refractivity contribution is 0.670. The molecule has 0 saturated heterocycles. The Hall–Kier alpha value is -8.20. The average molecular weight is 790 g/mol. The monoisotopic (exact) mass is 789 g/mol. The topological polar surface area (TPSA) is 16.4 Å². The molecular formula is C60H39NO. The van der Waals surface area contributed by atoms with Crippen LogP contribution in [0.15, 0.2) is 241 Å². The van der Waals surface area contributed by atoms with Crippen LogP contribution in [-0.4, -0.2) is 0 Å². The molecular weight excluding hydrogens is 751 g/mol. The Balaban J connectivity index is 1.01. The first-order valence-electron chi connectivity index (χ1n) is 21.2. The lowest BCUT2D eigenvalue weighted by Crippen LogP contribution is -2.11. The zero-order chi connectivity index (χ0) is 41.0. The number of hydrogen-bond acceptors (Lipinski definition) is 2. The zero-order valence-electron chi connectivity index (χ0n) is 33.9. The summed E-state index contributed by atoms with van der Waals surface area (Å²) in [6.07, 6.45) is 0. The molecule has 0 spiro atoms. The van der Waals surface area contributed by atoms with Crippen molar-refractivity contribution in [2.45, 2.75) is 0 Å². The van der Waals surface area contributed by atoms with Crippen LogP contribution in [0.2, 0.25) is 0 Å². The van der Waals surface area contributed by atoms with Crippen LogP contribution < -0.4 is 4.90 Å². The van der Waals surface area contributed by atoms with Gasteiger partial charge >= 0.3 is 0 Å². The molecule has 0 amide bonds. The van der Waals surface area contributed by atoms with Gasteiger partial charge in [0.05, 0.1) is 5.69 Å². The number of anilines is 3. The molecule has 0 N–H and O–H groups in total. The van der Waals surface area contributed by atoms with Gasteiger partial charge in [-0.3, -0.25) is 0 Å². The van der Waals surface area contributed by atoms with Crippen molar-refractivity contribution in [3.8, 4) is 44.5 Å². The molecule has 0 aliphatic carbocycles. The molecule has 1 heterocycles. The van der Waals surface area contributed by atoms with E-state index in [1.807, 2.05) is 12.1 Å². The van der Waals surface area contributed by atoms with E-state index in [1.165, 1.54) is 49.0 Å². The van der Waals surface area contributed by atoms with Gasteiger partial charge in [-0.1, -0.05) is 188 Å². The third-order valence-electron chi connectivity index (χ3n) is 12.5. The van der Waals surface area contributed by atoms with E-state index >= 15 is 0 Å². The minimum atomic E-state index is 0.901. The summed E-state index contributed by atoms with van der Waals surface area (Å²) in [6, 6.07) is 85.6. The van der Waals surface area contributed by atoms with E-state index in [0.717, 1.165) is 66.8 Å². The zero-order valence-corrected chi connectivity index (χ0v) is 33.9. The molecule has 290 valence electrons. The third kappa shape index (κ3) is 6.20. The van der Waals surface area contributed by atoms with Crippen LogP contribution in [0.25, 0.3) is 98.8 Å². The molecule has 0 aliphatic heterocycles. The minimum absolute atomic E-state index is 0.901. The number of hydrogen-bond donors (Lipinski definition) is 0. The Kier molecular flexibility index (Phi) is 8.53. The quantitative estimate of drug-likeness (QED) is 0.150. The van der Waals surface area contributed by atoms with Crippen LogP contribution in [-0.2, 0) is 0 Å². The Morgan fingerprint density at radius 3 is 1.63 bits per heavy atom. The molecule has 0 bridgehead atoms. The maximum atomic E-state index is 6.48. The van der Waals surface area contributed by atoms with Crippen LogP contribution in [0.3, 0.4) is 0 Å². The summed E-state index contributed by atoms with van der Waals surface area (Å²) >= 11 is 0. The summed E-state index contributed by atoms with van der Waals surface area (Å²) in [5.74, 6) is 0. The van der Waals surface area contributed by atoms with E-state index in [0.29, 0.717) is 0 Å². The summed E-state index contributed by atoms with van der Waals surface area (Å²) < 4.78 is 6.48. The number of fused-ring (bicyclic) bond motifs is 7. The highest BCUT2D eigenvalue weighted by Gasteiger charge is 2.20. The molecule has 2 nitrogen and oxygen atoms in total. The molecule has 0 fully saturated rings. The van der Waals surface area contributed by atoms with Crippen molar-refractivity contribution in [2.24, 2.45) is 0 Å². The van der Waals surface area contributed by atoms with Crippen molar-refractivity contribution in [1.82, 2.24) is 0 Å². The smallest absolute Gasteiger partial charge is 0.143 e. The normalized spacial score (nSPS) is 11.5. The first kappa shape index (κ1) is 35.7. The Labute approximate surface area is 360 Å². The van der Waals surface area contributed by atoms with Crippen LogP contribution >= 0.6 is 0 Å². The second-order valence-corrected chi connectivity index (χ2v) is 16.1. The van der Waals surface area contributed by atoms with Crippen molar-refractivity contribution in [1.29, 1.82) is 0 Å². The molecule has 0 saturated carbocycles. The number of furan rings is 1. The van der Waals surface area contributed by atoms with Crippen molar-refractivity contribution in [3.63, 3.8) is 0 Å². The van der Waals surface area contributed by atoms with Gasteiger partial charge in [0.15, 0.2) is 0 Å². The summed E-state index contributed by atoms with van der Waals surface area (Å²) in [6.45, 7) is 0. The van der Waals surface area contributed by atoms with Crippen LogP contribution in [0.1, 0.15) is 0 Å². The summed E-state index contributed by atoms with van der Waals surface area (Å²) in [4.78, 5) is 2.41. The molecule has 62 heavy (non-hydrogen) atoms. The summed E-state index contributed by atoms with van der Waals surface area (Å²) in [5.41, 5.74) is 14.2. The van der Waals surface area contributed by atoms with Gasteiger partial charge in [0.25, 0.3) is 0 Å². The molecule has 0 radical (unpaired) electrons. The Bertz CT molecular complexity index is 3620. The summed E-state index contributed by atoms with van der Waals surface area (Å²) in [7, 11) is 0. The van der Waals surface area contributed by atoms with E-state index in [-0.39, 0.29) is 0 Å². The molecule has 0 unspecified atom stereocenters. The van der Waals surface area contributed by atoms with Crippen molar-refractivity contribution < 1.29 is 4.42 Å². The molecule has 0 atom stereocenters. The van der Waals surface area contributed by atoms with Crippen molar-refractivity contribution >= 4 is 71.3 Å². The van der Waals surface area contributed by atoms with Gasteiger partial charge in [-0.2, -0.15) is 0 Å². The van der Waals surface area contributed by atoms with Gasteiger partial charge in [0.1, 0.15) is 11.2 Å². The fourth-order valence-corrected chi connectivity index (χ4v) is 9.31. The highest BCUT2D eigenvalue weighted by Crippen LogP contribution is 2.45. The molecule has 12 rings (SSSR count). The number of benzene rings is 11. The lowest BCUT2D eigenvalue weighted by atomic mass is 9.95. The maximum absolute atomic E-state index is 6.48. The minimum Gasteiger partial charge on any atom is -0.455 e. The van der Waals surface area contributed by atoms with Crippen LogP contribution in [0, 0.1) is 0 Å². The molecule has 0 aliphatic rings. The van der Waals surface area contributed by atoms with Gasteiger partial charge in [-0.15, -0.1) is 0 Å². The van der Waals surface area contributed by atoms with Crippen molar-refractivity contribution in [3.05, 3.63) is 237 Å². The van der Waals surface area contributed by atoms with Gasteiger partial charge in [0.2, 0.25) is 0 Å². The molecule has 2 heteroatoms. The van der Waals surface area contributed by atoms with E-state index < -0.39 is 0 Å². The average Bonchev–Trinajstić information content (AvgIpc) is 3.74. The van der Waals surface area contributed by atoms with Gasteiger partial charge in [-0.25, -0.2) is 0 Å². The Morgan fingerprint density at radius 2 is 0.806 bits per heavy atom. The van der Waals surface area contributed by atoms with E-state index in [1.54, 1.807) is 0 Å². The van der Waals surface area contributed by atoms with Gasteiger partial charge in [-0.05, 0) is 114 Å². The standard InChI is InChI=1S/C60H39NO/c1-2-12-42(13-3-1)54-36-30-48(47-23-21-40-11-4-5-15-45(40)37-47)39-58(54)61(51-33-27-44(28-34-51)55-18-10-19-57-56-17-8-9-20-59(56)62-60(55)57)50-31-25-41(26-32-50)46-29-35-53-49(38-46)24-22-43-14-6-7-16-52(43)53/h1-39H. The summed E-state index contributed by atoms with van der Waals surface area (Å²) in [5, 5.41) is 9.77. The first-order valence-corrected chi connectivity index (χ1v) is 21.2. The van der Waals surface area contributed by atoms with Crippen LogP contribution in [0.4, 0.5) is 17.1 Å². The second kappa shape index (κ2) is 14.8. The van der Waals surface area contributed by atoms with E-state index in [4.69, 9.17) is 4.42 Å². The Morgan fingerprint density at radius 1 is 0.274 bits per heavy atom. The fraction of sp³-hybridized carbons (Fsp3) is 0. The van der Waals surface area contributed by atoms with Crippen molar-refractivity contribution in [2.75, 3.05) is 4.90 Å².